The third kappa shape index (κ3) is 3.18. The van der Waals surface area contributed by atoms with Crippen molar-refractivity contribution in [1.29, 1.82) is 0 Å². The van der Waals surface area contributed by atoms with Gasteiger partial charge in [0, 0.05) is 24.0 Å². The molecule has 0 spiro atoms. The first-order valence-corrected chi connectivity index (χ1v) is 7.53. The molecule has 3 heterocycles. The minimum Gasteiger partial charge on any atom is -0.337 e. The van der Waals surface area contributed by atoms with Gasteiger partial charge in [0.15, 0.2) is 0 Å². The largest absolute Gasteiger partial charge is 0.337 e. The smallest absolute Gasteiger partial charge is 0.267 e. The lowest BCUT2D eigenvalue weighted by Gasteiger charge is -2.04. The van der Waals surface area contributed by atoms with E-state index in [1.165, 1.54) is 10.7 Å². The topological polar surface area (TPSA) is 99.6 Å². The van der Waals surface area contributed by atoms with Gasteiger partial charge in [0.2, 0.25) is 17.5 Å². The van der Waals surface area contributed by atoms with Crippen LogP contribution in [0.4, 0.5) is 0 Å². The predicted octanol–water partition coefficient (Wildman–Crippen LogP) is 1.80. The van der Waals surface area contributed by atoms with Crippen molar-refractivity contribution in [2.45, 2.75) is 6.54 Å². The van der Waals surface area contributed by atoms with Gasteiger partial charge in [-0.1, -0.05) is 35.5 Å². The number of benzene rings is 1. The molecule has 0 N–H and O–H groups in total. The van der Waals surface area contributed by atoms with Gasteiger partial charge in [-0.2, -0.15) is 10.1 Å². The summed E-state index contributed by atoms with van der Waals surface area (Å²) in [6, 6.07) is 14.4. The van der Waals surface area contributed by atoms with Crippen LogP contribution in [0.25, 0.3) is 22.9 Å². The summed E-state index contributed by atoms with van der Waals surface area (Å²) in [5.74, 6) is 0.876. The maximum atomic E-state index is 12.1. The highest BCUT2D eigenvalue weighted by Gasteiger charge is 2.12. The van der Waals surface area contributed by atoms with Crippen LogP contribution in [0.15, 0.2) is 70.2 Å². The van der Waals surface area contributed by atoms with Gasteiger partial charge in [-0.25, -0.2) is 14.6 Å². The Hall–Kier alpha value is -3.68. The van der Waals surface area contributed by atoms with Crippen LogP contribution in [-0.4, -0.2) is 29.9 Å². The van der Waals surface area contributed by atoms with Crippen LogP contribution in [-0.2, 0) is 6.54 Å². The molecule has 1 aromatic carbocycles. The third-order valence-electron chi connectivity index (χ3n) is 3.46. The van der Waals surface area contributed by atoms with E-state index in [0.29, 0.717) is 11.5 Å². The highest BCUT2D eigenvalue weighted by molar-refractivity contribution is 5.57. The number of nitrogens with zero attached hydrogens (tertiary/aromatic N) is 6. The molecule has 8 nitrogen and oxygen atoms in total. The van der Waals surface area contributed by atoms with Crippen molar-refractivity contribution >= 4 is 0 Å². The van der Waals surface area contributed by atoms with Crippen molar-refractivity contribution in [3.8, 4) is 22.9 Å². The molecule has 0 bridgehead atoms. The number of aromatic nitrogens is 6. The van der Waals surface area contributed by atoms with E-state index in [2.05, 4.69) is 25.2 Å². The van der Waals surface area contributed by atoms with Crippen molar-refractivity contribution in [3.63, 3.8) is 0 Å². The Morgan fingerprint density at radius 2 is 1.72 bits per heavy atom. The normalized spacial score (nSPS) is 10.7. The maximum Gasteiger partial charge on any atom is 0.267 e. The predicted molar refractivity (Wildman–Crippen MR) is 88.4 cm³/mol. The molecular formula is C17H12N6O2. The highest BCUT2D eigenvalue weighted by Crippen LogP contribution is 2.14. The van der Waals surface area contributed by atoms with Crippen molar-refractivity contribution < 1.29 is 4.52 Å². The summed E-state index contributed by atoms with van der Waals surface area (Å²) in [4.78, 5) is 24.4. The molecule has 0 aliphatic rings. The summed E-state index contributed by atoms with van der Waals surface area (Å²) >= 11 is 0. The molecule has 0 atom stereocenters. The van der Waals surface area contributed by atoms with E-state index in [-0.39, 0.29) is 23.8 Å². The van der Waals surface area contributed by atoms with Gasteiger partial charge in [0.1, 0.15) is 6.54 Å². The third-order valence-corrected chi connectivity index (χ3v) is 3.46. The van der Waals surface area contributed by atoms with Crippen LogP contribution in [0.3, 0.4) is 0 Å². The summed E-state index contributed by atoms with van der Waals surface area (Å²) in [6.45, 7) is 0.0688. The Morgan fingerprint density at radius 3 is 2.52 bits per heavy atom. The van der Waals surface area contributed by atoms with E-state index >= 15 is 0 Å². The Bertz CT molecular complexity index is 1040. The lowest BCUT2D eigenvalue weighted by Crippen LogP contribution is -2.23. The Balaban J connectivity index is 1.63. The van der Waals surface area contributed by atoms with E-state index in [0.717, 1.165) is 5.56 Å². The van der Waals surface area contributed by atoms with Crippen LogP contribution < -0.4 is 5.56 Å². The lowest BCUT2D eigenvalue weighted by molar-refractivity contribution is 0.363. The molecule has 0 aliphatic heterocycles. The van der Waals surface area contributed by atoms with Crippen LogP contribution in [0, 0.1) is 0 Å². The van der Waals surface area contributed by atoms with E-state index in [9.17, 15) is 4.79 Å². The maximum absolute atomic E-state index is 12.1. The second kappa shape index (κ2) is 6.44. The minimum atomic E-state index is -0.254. The molecule has 4 aromatic rings. The van der Waals surface area contributed by atoms with Crippen LogP contribution in [0.1, 0.15) is 5.89 Å². The molecule has 0 radical (unpaired) electrons. The first-order valence-electron chi connectivity index (χ1n) is 7.53. The summed E-state index contributed by atoms with van der Waals surface area (Å²) in [5.41, 5.74) is 1.35. The fraction of sp³-hybridized carbons (Fsp3) is 0.0588. The van der Waals surface area contributed by atoms with Gasteiger partial charge in [-0.05, 0) is 12.1 Å². The molecule has 0 saturated carbocycles. The van der Waals surface area contributed by atoms with E-state index in [1.54, 1.807) is 24.5 Å². The van der Waals surface area contributed by atoms with Crippen LogP contribution in [0.2, 0.25) is 0 Å². The van der Waals surface area contributed by atoms with Gasteiger partial charge >= 0.3 is 0 Å². The molecular weight excluding hydrogens is 320 g/mol. The molecule has 8 heteroatoms. The number of rotatable bonds is 4. The highest BCUT2D eigenvalue weighted by atomic mass is 16.5. The first-order chi connectivity index (χ1) is 12.3. The Morgan fingerprint density at radius 1 is 0.920 bits per heavy atom. The molecule has 4 rings (SSSR count). The molecule has 0 aliphatic carbocycles. The van der Waals surface area contributed by atoms with Crippen LogP contribution >= 0.6 is 0 Å². The Kier molecular flexibility index (Phi) is 3.83. The van der Waals surface area contributed by atoms with Crippen molar-refractivity contribution in [1.82, 2.24) is 29.9 Å². The van der Waals surface area contributed by atoms with E-state index < -0.39 is 0 Å². The number of hydrogen-bond donors (Lipinski definition) is 0. The monoisotopic (exact) mass is 332 g/mol. The number of hydrogen-bond acceptors (Lipinski definition) is 7. The Labute approximate surface area is 141 Å². The molecule has 0 amide bonds. The SMILES string of the molecule is O=c1ccc(-c2ccccc2)nn1Cc1nc(-c2ncccn2)no1. The van der Waals surface area contributed by atoms with Crippen molar-refractivity contribution in [2.24, 2.45) is 0 Å². The standard InChI is InChI=1S/C17H12N6O2/c24-15-8-7-13(12-5-2-1-3-6-12)21-23(15)11-14-20-17(22-25-14)16-18-9-4-10-19-16/h1-10H,11H2. The van der Waals surface area contributed by atoms with Gasteiger partial charge in [-0.15, -0.1) is 0 Å². The van der Waals surface area contributed by atoms with Gasteiger partial charge in [0.25, 0.3) is 5.56 Å². The van der Waals surface area contributed by atoms with Crippen LogP contribution in [0.5, 0.6) is 0 Å². The van der Waals surface area contributed by atoms with Gasteiger partial charge in [0.05, 0.1) is 5.69 Å². The second-order valence-electron chi connectivity index (χ2n) is 5.16. The fourth-order valence-corrected chi connectivity index (χ4v) is 2.28. The summed E-state index contributed by atoms with van der Waals surface area (Å²) < 4.78 is 6.47. The second-order valence-corrected chi connectivity index (χ2v) is 5.16. The molecule has 3 aromatic heterocycles. The minimum absolute atomic E-state index is 0.0688. The molecule has 0 saturated heterocycles. The molecule has 25 heavy (non-hydrogen) atoms. The summed E-state index contributed by atoms with van der Waals surface area (Å²) in [6.07, 6.45) is 3.18. The zero-order valence-corrected chi connectivity index (χ0v) is 13.0. The quantitative estimate of drug-likeness (QED) is 0.562. The summed E-state index contributed by atoms with van der Waals surface area (Å²) in [5, 5.41) is 8.20. The molecule has 0 fully saturated rings. The van der Waals surface area contributed by atoms with Gasteiger partial charge in [-0.3, -0.25) is 4.79 Å². The molecule has 0 unspecified atom stereocenters. The molecule has 122 valence electrons. The summed E-state index contributed by atoms with van der Waals surface area (Å²) in [7, 11) is 0. The zero-order chi connectivity index (χ0) is 17.1. The van der Waals surface area contributed by atoms with E-state index in [4.69, 9.17) is 4.52 Å². The fourth-order valence-electron chi connectivity index (χ4n) is 2.28. The van der Waals surface area contributed by atoms with E-state index in [1.807, 2.05) is 30.3 Å². The average molecular weight is 332 g/mol. The average Bonchev–Trinajstić information content (AvgIpc) is 3.14. The van der Waals surface area contributed by atoms with Gasteiger partial charge < -0.3 is 4.52 Å². The van der Waals surface area contributed by atoms with Crippen molar-refractivity contribution in [2.75, 3.05) is 0 Å². The van der Waals surface area contributed by atoms with Crippen molar-refractivity contribution in [3.05, 3.63) is 77.2 Å². The zero-order valence-electron chi connectivity index (χ0n) is 13.0. The first kappa shape index (κ1) is 14.9. The lowest BCUT2D eigenvalue weighted by atomic mass is 10.1.